The van der Waals surface area contributed by atoms with E-state index in [-0.39, 0.29) is 19.6 Å². The number of nitrogens with one attached hydrogen (secondary N) is 1. The molecule has 1 aromatic heterocycles. The molecule has 3 N–H and O–H groups in total. The summed E-state index contributed by atoms with van der Waals surface area (Å²) in [6.07, 6.45) is -0.346. The summed E-state index contributed by atoms with van der Waals surface area (Å²) in [4.78, 5) is 12.0. The van der Waals surface area contributed by atoms with E-state index in [1.807, 2.05) is 26.8 Å². The van der Waals surface area contributed by atoms with Crippen molar-refractivity contribution in [3.63, 3.8) is 0 Å². The number of ether oxygens (including phenoxy) is 1. The SMILES string of the molecule is Cc1c(CCO)c(=O)oc2cc(OC[C@@H](O)CNC(C)C)ccc12. The van der Waals surface area contributed by atoms with Crippen molar-refractivity contribution in [2.45, 2.75) is 39.3 Å². The topological polar surface area (TPSA) is 91.9 Å². The second-order valence-electron chi connectivity index (χ2n) is 6.15. The summed E-state index contributed by atoms with van der Waals surface area (Å²) in [5, 5.41) is 22.9. The summed E-state index contributed by atoms with van der Waals surface area (Å²) in [5.41, 5.74) is 1.30. The molecule has 0 saturated carbocycles. The quantitative estimate of drug-likeness (QED) is 0.631. The van der Waals surface area contributed by atoms with E-state index in [0.717, 1.165) is 10.9 Å². The maximum Gasteiger partial charge on any atom is 0.339 e. The molecule has 1 atom stereocenters. The van der Waals surface area contributed by atoms with Crippen LogP contribution in [0.3, 0.4) is 0 Å². The maximum absolute atomic E-state index is 12.0. The number of aliphatic hydroxyl groups is 2. The van der Waals surface area contributed by atoms with Gasteiger partial charge in [0.05, 0.1) is 0 Å². The van der Waals surface area contributed by atoms with Crippen molar-refractivity contribution in [2.75, 3.05) is 19.8 Å². The smallest absolute Gasteiger partial charge is 0.339 e. The molecule has 0 amide bonds. The zero-order valence-electron chi connectivity index (χ0n) is 14.3. The number of rotatable bonds is 8. The van der Waals surface area contributed by atoms with Crippen molar-refractivity contribution in [3.8, 4) is 5.75 Å². The first-order valence-corrected chi connectivity index (χ1v) is 8.13. The Kier molecular flexibility index (Phi) is 6.36. The van der Waals surface area contributed by atoms with Crippen LogP contribution in [0.2, 0.25) is 0 Å². The average molecular weight is 335 g/mol. The molecule has 0 saturated heterocycles. The van der Waals surface area contributed by atoms with Crippen molar-refractivity contribution in [3.05, 3.63) is 39.7 Å². The highest BCUT2D eigenvalue weighted by molar-refractivity contribution is 5.82. The summed E-state index contributed by atoms with van der Waals surface area (Å²) in [7, 11) is 0. The standard InChI is InChI=1S/C18H25NO5/c1-11(2)19-9-13(21)10-23-14-4-5-15-12(3)16(6-7-20)18(22)24-17(15)8-14/h4-5,8,11,13,19-21H,6-7,9-10H2,1-3H3/t13-/m0/s1. The summed E-state index contributed by atoms with van der Waals surface area (Å²) in [6.45, 7) is 6.35. The van der Waals surface area contributed by atoms with Gasteiger partial charge < -0.3 is 24.7 Å². The van der Waals surface area contributed by atoms with Crippen molar-refractivity contribution in [2.24, 2.45) is 0 Å². The second kappa shape index (κ2) is 8.28. The molecule has 0 aliphatic rings. The fourth-order valence-corrected chi connectivity index (χ4v) is 2.49. The first-order chi connectivity index (χ1) is 11.4. The highest BCUT2D eigenvalue weighted by Gasteiger charge is 2.12. The van der Waals surface area contributed by atoms with Crippen molar-refractivity contribution < 1.29 is 19.4 Å². The third-order valence-electron chi connectivity index (χ3n) is 3.82. The molecule has 2 rings (SSSR count). The number of benzene rings is 1. The van der Waals surface area contributed by atoms with Gasteiger partial charge in [-0.2, -0.15) is 0 Å². The lowest BCUT2D eigenvalue weighted by molar-refractivity contribution is 0.104. The Labute approximate surface area is 141 Å². The van der Waals surface area contributed by atoms with E-state index >= 15 is 0 Å². The number of aliphatic hydroxyl groups excluding tert-OH is 2. The zero-order chi connectivity index (χ0) is 17.7. The van der Waals surface area contributed by atoms with Crippen LogP contribution in [-0.2, 0) is 6.42 Å². The highest BCUT2D eigenvalue weighted by atomic mass is 16.5. The Morgan fingerprint density at radius 1 is 1.33 bits per heavy atom. The van der Waals surface area contributed by atoms with Crippen molar-refractivity contribution >= 4 is 11.0 Å². The van der Waals surface area contributed by atoms with Gasteiger partial charge in [0.1, 0.15) is 24.0 Å². The molecular formula is C18H25NO5. The van der Waals surface area contributed by atoms with Gasteiger partial charge in [-0.15, -0.1) is 0 Å². The van der Waals surface area contributed by atoms with E-state index in [1.165, 1.54) is 0 Å². The van der Waals surface area contributed by atoms with Gasteiger partial charge in [-0.1, -0.05) is 13.8 Å². The first kappa shape index (κ1) is 18.4. The Morgan fingerprint density at radius 3 is 2.75 bits per heavy atom. The van der Waals surface area contributed by atoms with E-state index in [4.69, 9.17) is 14.3 Å². The maximum atomic E-state index is 12.0. The largest absolute Gasteiger partial charge is 0.491 e. The zero-order valence-corrected chi connectivity index (χ0v) is 14.3. The lowest BCUT2D eigenvalue weighted by Crippen LogP contribution is -2.35. The van der Waals surface area contributed by atoms with Gasteiger partial charge in [0.2, 0.25) is 0 Å². The third-order valence-corrected chi connectivity index (χ3v) is 3.82. The monoisotopic (exact) mass is 335 g/mol. The Bertz CT molecular complexity index is 738. The minimum atomic E-state index is -0.622. The number of fused-ring (bicyclic) bond motifs is 1. The minimum Gasteiger partial charge on any atom is -0.491 e. The molecule has 1 aromatic carbocycles. The summed E-state index contributed by atoms with van der Waals surface area (Å²) in [6, 6.07) is 5.55. The van der Waals surface area contributed by atoms with Crippen LogP contribution in [0.4, 0.5) is 0 Å². The summed E-state index contributed by atoms with van der Waals surface area (Å²) in [5.74, 6) is 0.531. The molecule has 24 heavy (non-hydrogen) atoms. The summed E-state index contributed by atoms with van der Waals surface area (Å²) < 4.78 is 10.9. The lowest BCUT2D eigenvalue weighted by Gasteiger charge is -2.15. The lowest BCUT2D eigenvalue weighted by atomic mass is 10.0. The number of aryl methyl sites for hydroxylation is 1. The van der Waals surface area contributed by atoms with E-state index in [1.54, 1.807) is 12.1 Å². The fraction of sp³-hybridized carbons (Fsp3) is 0.500. The highest BCUT2D eigenvalue weighted by Crippen LogP contribution is 2.24. The van der Waals surface area contributed by atoms with Crippen LogP contribution in [0.1, 0.15) is 25.0 Å². The Balaban J connectivity index is 2.14. The van der Waals surface area contributed by atoms with E-state index < -0.39 is 11.7 Å². The van der Waals surface area contributed by atoms with E-state index in [9.17, 15) is 9.90 Å². The molecule has 0 aliphatic carbocycles. The van der Waals surface area contributed by atoms with Crippen LogP contribution in [0, 0.1) is 6.92 Å². The van der Waals surface area contributed by atoms with Crippen LogP contribution in [0.25, 0.3) is 11.0 Å². The fourth-order valence-electron chi connectivity index (χ4n) is 2.49. The molecule has 0 aliphatic heterocycles. The minimum absolute atomic E-state index is 0.0966. The van der Waals surface area contributed by atoms with Crippen LogP contribution in [0.5, 0.6) is 5.75 Å². The molecule has 2 aromatic rings. The van der Waals surface area contributed by atoms with Crippen LogP contribution in [0.15, 0.2) is 27.4 Å². The molecule has 0 unspecified atom stereocenters. The predicted molar refractivity (Wildman–Crippen MR) is 92.7 cm³/mol. The molecule has 6 heteroatoms. The van der Waals surface area contributed by atoms with Gasteiger partial charge in [0, 0.05) is 42.6 Å². The Hall–Kier alpha value is -1.89. The molecule has 132 valence electrons. The number of hydrogen-bond acceptors (Lipinski definition) is 6. The molecule has 0 fully saturated rings. The van der Waals surface area contributed by atoms with Gasteiger partial charge >= 0.3 is 5.63 Å². The van der Waals surface area contributed by atoms with Crippen LogP contribution < -0.4 is 15.7 Å². The van der Waals surface area contributed by atoms with Gasteiger partial charge in [0.15, 0.2) is 0 Å². The molecule has 0 spiro atoms. The predicted octanol–water partition coefficient (Wildman–Crippen LogP) is 1.37. The van der Waals surface area contributed by atoms with Crippen LogP contribution >= 0.6 is 0 Å². The van der Waals surface area contributed by atoms with Gasteiger partial charge in [0.25, 0.3) is 0 Å². The van der Waals surface area contributed by atoms with Gasteiger partial charge in [-0.3, -0.25) is 0 Å². The van der Waals surface area contributed by atoms with Gasteiger partial charge in [-0.25, -0.2) is 4.79 Å². The number of hydrogen-bond donors (Lipinski definition) is 3. The van der Waals surface area contributed by atoms with Gasteiger partial charge in [-0.05, 0) is 24.6 Å². The second-order valence-corrected chi connectivity index (χ2v) is 6.15. The molecule has 0 radical (unpaired) electrons. The average Bonchev–Trinajstić information content (AvgIpc) is 2.54. The molecule has 6 nitrogen and oxygen atoms in total. The van der Waals surface area contributed by atoms with Crippen LogP contribution in [-0.4, -0.2) is 42.1 Å². The third kappa shape index (κ3) is 4.56. The van der Waals surface area contributed by atoms with Crippen molar-refractivity contribution in [1.82, 2.24) is 5.32 Å². The van der Waals surface area contributed by atoms with E-state index in [2.05, 4.69) is 5.32 Å². The normalized spacial score (nSPS) is 12.8. The molecule has 0 bridgehead atoms. The first-order valence-electron chi connectivity index (χ1n) is 8.13. The summed E-state index contributed by atoms with van der Waals surface area (Å²) >= 11 is 0. The molecular weight excluding hydrogens is 310 g/mol. The van der Waals surface area contributed by atoms with Crippen molar-refractivity contribution in [1.29, 1.82) is 0 Å². The molecule has 1 heterocycles. The van der Waals surface area contributed by atoms with E-state index in [0.29, 0.717) is 29.5 Å². The Morgan fingerprint density at radius 2 is 2.08 bits per heavy atom.